The maximum Gasteiger partial charge on any atom is 0.354 e. The molecule has 0 spiro atoms. The highest BCUT2D eigenvalue weighted by molar-refractivity contribution is 5.93. The molecule has 0 saturated carbocycles. The van der Waals surface area contributed by atoms with E-state index < -0.39 is 5.97 Å². The van der Waals surface area contributed by atoms with Gasteiger partial charge in [-0.1, -0.05) is 0 Å². The Balaban J connectivity index is 2.63. The fraction of sp³-hybridized carbons (Fsp3) is 0.286. The van der Waals surface area contributed by atoms with Gasteiger partial charge in [0.2, 0.25) is 0 Å². The number of imidazole rings is 1. The predicted molar refractivity (Wildman–Crippen MR) is 71.7 cm³/mol. The zero-order valence-electron chi connectivity index (χ0n) is 11.4. The molecule has 2 aromatic rings. The molecule has 0 bridgehead atoms. The molecule has 1 aromatic heterocycles. The maximum absolute atomic E-state index is 11.2. The summed E-state index contributed by atoms with van der Waals surface area (Å²) >= 11 is 0. The van der Waals surface area contributed by atoms with E-state index in [1.54, 1.807) is 14.0 Å². The van der Waals surface area contributed by atoms with Crippen LogP contribution in [0.25, 0.3) is 11.3 Å². The molecule has 0 fully saturated rings. The minimum absolute atomic E-state index is 0.112. The first-order valence-electron chi connectivity index (χ1n) is 5.89. The number of hydrogen-bond acceptors (Lipinski definition) is 3. The van der Waals surface area contributed by atoms with Gasteiger partial charge in [-0.15, -0.1) is 0 Å². The standard InChI is InChI=1S/C14H16N2O3/c1-7-5-10(6-8(2)13(7)19-4)11-12(14(17)18)16-9(3)15-11/h5-6H,1-4H3,(H,15,16)(H,17,18). The van der Waals surface area contributed by atoms with E-state index in [9.17, 15) is 9.90 Å². The number of nitrogens with one attached hydrogen (secondary N) is 1. The molecule has 0 saturated heterocycles. The number of aromatic amines is 1. The van der Waals surface area contributed by atoms with Gasteiger partial charge in [0.25, 0.3) is 0 Å². The third-order valence-corrected chi connectivity index (χ3v) is 2.97. The van der Waals surface area contributed by atoms with Gasteiger partial charge in [-0.25, -0.2) is 9.78 Å². The van der Waals surface area contributed by atoms with Gasteiger partial charge >= 0.3 is 5.97 Å². The number of ether oxygens (including phenoxy) is 1. The van der Waals surface area contributed by atoms with Gasteiger partial charge in [-0.3, -0.25) is 0 Å². The molecule has 0 radical (unpaired) electrons. The second kappa shape index (κ2) is 4.76. The summed E-state index contributed by atoms with van der Waals surface area (Å²) < 4.78 is 5.30. The Hall–Kier alpha value is -2.30. The molecule has 0 aliphatic heterocycles. The van der Waals surface area contributed by atoms with Crippen LogP contribution < -0.4 is 4.74 Å². The predicted octanol–water partition coefficient (Wildman–Crippen LogP) is 2.71. The van der Waals surface area contributed by atoms with Crippen molar-refractivity contribution in [2.45, 2.75) is 20.8 Å². The van der Waals surface area contributed by atoms with Crippen LogP contribution in [-0.2, 0) is 0 Å². The van der Waals surface area contributed by atoms with Crippen LogP contribution in [0.3, 0.4) is 0 Å². The molecule has 5 heteroatoms. The molecule has 19 heavy (non-hydrogen) atoms. The number of benzene rings is 1. The minimum atomic E-state index is -1.01. The molecular weight excluding hydrogens is 244 g/mol. The Morgan fingerprint density at radius 1 is 1.26 bits per heavy atom. The number of methoxy groups -OCH3 is 1. The number of hydrogen-bond donors (Lipinski definition) is 2. The van der Waals surface area contributed by atoms with Crippen molar-refractivity contribution < 1.29 is 14.6 Å². The fourth-order valence-corrected chi connectivity index (χ4v) is 2.26. The van der Waals surface area contributed by atoms with Gasteiger partial charge in [0.15, 0.2) is 5.69 Å². The zero-order valence-corrected chi connectivity index (χ0v) is 11.4. The molecule has 100 valence electrons. The van der Waals surface area contributed by atoms with Crippen molar-refractivity contribution >= 4 is 5.97 Å². The highest BCUT2D eigenvalue weighted by Gasteiger charge is 2.18. The average molecular weight is 260 g/mol. The number of aryl methyl sites for hydroxylation is 3. The van der Waals surface area contributed by atoms with Crippen LogP contribution in [0.15, 0.2) is 12.1 Å². The van der Waals surface area contributed by atoms with E-state index in [0.29, 0.717) is 11.5 Å². The van der Waals surface area contributed by atoms with Crippen molar-refractivity contribution in [2.24, 2.45) is 0 Å². The van der Waals surface area contributed by atoms with E-state index >= 15 is 0 Å². The molecule has 2 N–H and O–H groups in total. The van der Waals surface area contributed by atoms with Crippen molar-refractivity contribution in [2.75, 3.05) is 7.11 Å². The minimum Gasteiger partial charge on any atom is -0.496 e. The maximum atomic E-state index is 11.2. The summed E-state index contributed by atoms with van der Waals surface area (Å²) in [5.41, 5.74) is 3.25. The first-order chi connectivity index (χ1) is 8.93. The Labute approximate surface area is 111 Å². The molecule has 1 heterocycles. The highest BCUT2D eigenvalue weighted by atomic mass is 16.5. The Bertz CT molecular complexity index is 621. The van der Waals surface area contributed by atoms with Crippen LogP contribution >= 0.6 is 0 Å². The first-order valence-corrected chi connectivity index (χ1v) is 5.89. The van der Waals surface area contributed by atoms with Gasteiger partial charge < -0.3 is 14.8 Å². The smallest absolute Gasteiger partial charge is 0.354 e. The Morgan fingerprint density at radius 2 is 1.84 bits per heavy atom. The second-order valence-corrected chi connectivity index (χ2v) is 4.49. The number of carbonyl (C=O) groups is 1. The summed E-state index contributed by atoms with van der Waals surface area (Å²) in [4.78, 5) is 18.2. The van der Waals surface area contributed by atoms with Crippen LogP contribution in [0, 0.1) is 20.8 Å². The topological polar surface area (TPSA) is 75.2 Å². The van der Waals surface area contributed by atoms with Gasteiger partial charge in [0.05, 0.1) is 7.11 Å². The third-order valence-electron chi connectivity index (χ3n) is 2.97. The molecule has 5 nitrogen and oxygen atoms in total. The van der Waals surface area contributed by atoms with E-state index in [4.69, 9.17) is 4.74 Å². The van der Waals surface area contributed by atoms with Crippen molar-refractivity contribution in [3.63, 3.8) is 0 Å². The third kappa shape index (κ3) is 2.31. The summed E-state index contributed by atoms with van der Waals surface area (Å²) in [5, 5.41) is 9.18. The average Bonchev–Trinajstić information content (AvgIpc) is 2.71. The second-order valence-electron chi connectivity index (χ2n) is 4.49. The summed E-state index contributed by atoms with van der Waals surface area (Å²) in [5.74, 6) is 0.383. The quantitative estimate of drug-likeness (QED) is 0.889. The van der Waals surface area contributed by atoms with E-state index in [1.807, 2.05) is 26.0 Å². The van der Waals surface area contributed by atoms with Gasteiger partial charge in [-0.2, -0.15) is 0 Å². The number of aromatic nitrogens is 2. The molecule has 0 aliphatic rings. The van der Waals surface area contributed by atoms with Crippen LogP contribution in [-0.4, -0.2) is 28.2 Å². The van der Waals surface area contributed by atoms with Crippen LogP contribution in [0.5, 0.6) is 5.75 Å². The largest absolute Gasteiger partial charge is 0.496 e. The fourth-order valence-electron chi connectivity index (χ4n) is 2.26. The zero-order chi connectivity index (χ0) is 14.2. The summed E-state index contributed by atoms with van der Waals surface area (Å²) in [6.07, 6.45) is 0. The molecular formula is C14H16N2O3. The number of rotatable bonds is 3. The molecule has 0 unspecified atom stereocenters. The van der Waals surface area contributed by atoms with E-state index in [2.05, 4.69) is 9.97 Å². The van der Waals surface area contributed by atoms with E-state index in [1.165, 1.54) is 0 Å². The molecule has 2 rings (SSSR count). The number of carboxylic acid groups (broad SMARTS) is 1. The number of carboxylic acids is 1. The molecule has 0 amide bonds. The molecule has 1 aromatic carbocycles. The first kappa shape index (κ1) is 13.1. The SMILES string of the molecule is COc1c(C)cc(-c2nc(C)[nH]c2C(=O)O)cc1C. The van der Waals surface area contributed by atoms with Crippen molar-refractivity contribution in [3.8, 4) is 17.0 Å². The molecule has 0 aliphatic carbocycles. The lowest BCUT2D eigenvalue weighted by Gasteiger charge is -2.10. The Kier molecular flexibility index (Phi) is 3.29. The van der Waals surface area contributed by atoms with E-state index in [0.717, 1.165) is 22.4 Å². The van der Waals surface area contributed by atoms with Gasteiger partial charge in [0, 0.05) is 5.56 Å². The highest BCUT2D eigenvalue weighted by Crippen LogP contribution is 2.30. The van der Waals surface area contributed by atoms with Gasteiger partial charge in [-0.05, 0) is 44.0 Å². The summed E-state index contributed by atoms with van der Waals surface area (Å²) in [6.45, 7) is 5.59. The lowest BCUT2D eigenvalue weighted by Crippen LogP contribution is -2.00. The van der Waals surface area contributed by atoms with Crippen molar-refractivity contribution in [1.29, 1.82) is 0 Å². The lowest BCUT2D eigenvalue weighted by molar-refractivity contribution is 0.0692. The number of aromatic carboxylic acids is 1. The monoisotopic (exact) mass is 260 g/mol. The normalized spacial score (nSPS) is 10.5. The van der Waals surface area contributed by atoms with Gasteiger partial charge in [0.1, 0.15) is 17.3 Å². The lowest BCUT2D eigenvalue weighted by atomic mass is 10.0. The van der Waals surface area contributed by atoms with Crippen LogP contribution in [0.2, 0.25) is 0 Å². The summed E-state index contributed by atoms with van der Waals surface area (Å²) in [6, 6.07) is 3.77. The van der Waals surface area contributed by atoms with Crippen molar-refractivity contribution in [3.05, 3.63) is 34.8 Å². The number of H-pyrrole nitrogens is 1. The van der Waals surface area contributed by atoms with Crippen LogP contribution in [0.1, 0.15) is 27.4 Å². The number of nitrogens with zero attached hydrogens (tertiary/aromatic N) is 1. The van der Waals surface area contributed by atoms with Crippen molar-refractivity contribution in [1.82, 2.24) is 9.97 Å². The van der Waals surface area contributed by atoms with E-state index in [-0.39, 0.29) is 5.69 Å². The van der Waals surface area contributed by atoms with Crippen LogP contribution in [0.4, 0.5) is 0 Å². The summed E-state index contributed by atoms with van der Waals surface area (Å²) in [7, 11) is 1.62. The Morgan fingerprint density at radius 3 is 2.32 bits per heavy atom. The molecule has 0 atom stereocenters.